The first-order chi connectivity index (χ1) is 13.4. The third kappa shape index (κ3) is 5.35. The molecule has 8 heteroatoms. The number of carbonyl (C=O) groups excluding carboxylic acids is 1. The van der Waals surface area contributed by atoms with Gasteiger partial charge in [0, 0.05) is 18.8 Å². The Hall–Kier alpha value is -1.96. The number of hydrogen-bond acceptors (Lipinski definition) is 5. The minimum atomic E-state index is -0.0798. The predicted octanol–water partition coefficient (Wildman–Crippen LogP) is 4.40. The van der Waals surface area contributed by atoms with Crippen LogP contribution in [0.4, 0.5) is 5.13 Å². The summed E-state index contributed by atoms with van der Waals surface area (Å²) in [6, 6.07) is 8.20. The number of nitrogens with zero attached hydrogens (tertiary/aromatic N) is 5. The molecule has 0 spiro atoms. The molecular formula is C21H30ClN5OS. The van der Waals surface area contributed by atoms with Crippen molar-refractivity contribution in [3.05, 3.63) is 41.2 Å². The van der Waals surface area contributed by atoms with Gasteiger partial charge in [-0.05, 0) is 71.1 Å². The third-order valence-electron chi connectivity index (χ3n) is 4.81. The Morgan fingerprint density at radius 3 is 2.55 bits per heavy atom. The predicted molar refractivity (Wildman–Crippen MR) is 124 cm³/mol. The van der Waals surface area contributed by atoms with E-state index in [9.17, 15) is 4.79 Å². The number of benzene rings is 1. The maximum atomic E-state index is 13.3. The van der Waals surface area contributed by atoms with Crippen LogP contribution in [-0.4, -0.2) is 52.8 Å². The average Bonchev–Trinajstić information content (AvgIpc) is 3.26. The van der Waals surface area contributed by atoms with Gasteiger partial charge in [0.25, 0.3) is 5.91 Å². The molecule has 0 N–H and O–H groups in total. The van der Waals surface area contributed by atoms with Crippen LogP contribution >= 0.6 is 23.7 Å². The van der Waals surface area contributed by atoms with E-state index in [0.29, 0.717) is 12.2 Å². The molecule has 0 aliphatic carbocycles. The summed E-state index contributed by atoms with van der Waals surface area (Å²) in [5.41, 5.74) is 3.71. The molecule has 158 valence electrons. The van der Waals surface area contributed by atoms with Crippen molar-refractivity contribution in [3.63, 3.8) is 0 Å². The summed E-state index contributed by atoms with van der Waals surface area (Å²) in [7, 11) is 4.09. The molecule has 3 aromatic rings. The van der Waals surface area contributed by atoms with Crippen LogP contribution in [0, 0.1) is 6.92 Å². The Balaban J connectivity index is 0.00000300. The molecule has 29 heavy (non-hydrogen) atoms. The van der Waals surface area contributed by atoms with E-state index in [1.807, 2.05) is 44.8 Å². The third-order valence-corrected chi connectivity index (χ3v) is 5.85. The summed E-state index contributed by atoms with van der Waals surface area (Å²) >= 11 is 1.58. The number of rotatable bonds is 8. The number of fused-ring (bicyclic) bond motifs is 1. The number of thiazole rings is 1. The first-order valence-corrected chi connectivity index (χ1v) is 10.6. The van der Waals surface area contributed by atoms with Crippen molar-refractivity contribution in [3.8, 4) is 0 Å². The highest BCUT2D eigenvalue weighted by molar-refractivity contribution is 7.22. The lowest BCUT2D eigenvalue weighted by molar-refractivity contribution is 0.0980. The van der Waals surface area contributed by atoms with Crippen LogP contribution in [0.25, 0.3) is 10.2 Å². The Morgan fingerprint density at radius 1 is 1.17 bits per heavy atom. The summed E-state index contributed by atoms with van der Waals surface area (Å²) < 4.78 is 2.98. The maximum absolute atomic E-state index is 13.3. The zero-order valence-corrected chi connectivity index (χ0v) is 19.4. The lowest BCUT2D eigenvalue weighted by Crippen LogP contribution is -2.33. The second kappa shape index (κ2) is 10.2. The van der Waals surface area contributed by atoms with Crippen molar-refractivity contribution in [1.29, 1.82) is 0 Å². The molecule has 3 rings (SSSR count). The number of carbonyl (C=O) groups is 1. The highest BCUT2D eigenvalue weighted by Gasteiger charge is 2.24. The molecule has 0 aliphatic heterocycles. The molecule has 0 radical (unpaired) electrons. The monoisotopic (exact) mass is 435 g/mol. The van der Waals surface area contributed by atoms with Gasteiger partial charge >= 0.3 is 0 Å². The number of aromatic nitrogens is 3. The number of hydrogen-bond donors (Lipinski definition) is 0. The quantitative estimate of drug-likeness (QED) is 0.526. The molecule has 2 heterocycles. The maximum Gasteiger partial charge on any atom is 0.280 e. The molecule has 0 fully saturated rings. The first-order valence-electron chi connectivity index (χ1n) is 9.83. The molecule has 1 aromatic carbocycles. The minimum Gasteiger partial charge on any atom is -0.309 e. The van der Waals surface area contributed by atoms with Crippen LogP contribution < -0.4 is 4.90 Å². The van der Waals surface area contributed by atoms with Gasteiger partial charge in [-0.25, -0.2) is 4.98 Å². The van der Waals surface area contributed by atoms with Crippen molar-refractivity contribution in [1.82, 2.24) is 19.7 Å². The standard InChI is InChI=1S/C21H29N5OS.ClH/c1-6-16-9-10-17-19(14-16)28-21(22-17)25(12-8-11-24(4)5)20(27)18-13-15(3)26(7-2)23-18;/h9-10,13-14H,6-8,11-12H2,1-5H3;1H. The van der Waals surface area contributed by atoms with Crippen LogP contribution in [-0.2, 0) is 13.0 Å². The van der Waals surface area contributed by atoms with Crippen molar-refractivity contribution in [2.45, 2.75) is 40.2 Å². The molecule has 0 atom stereocenters. The van der Waals surface area contributed by atoms with Gasteiger partial charge in [-0.3, -0.25) is 14.4 Å². The van der Waals surface area contributed by atoms with E-state index in [-0.39, 0.29) is 18.3 Å². The highest BCUT2D eigenvalue weighted by Crippen LogP contribution is 2.30. The van der Waals surface area contributed by atoms with Crippen molar-refractivity contribution in [2.75, 3.05) is 32.1 Å². The molecule has 0 aliphatic rings. The zero-order valence-electron chi connectivity index (χ0n) is 17.8. The summed E-state index contributed by atoms with van der Waals surface area (Å²) in [5.74, 6) is -0.0798. The summed E-state index contributed by atoms with van der Waals surface area (Å²) in [4.78, 5) is 22.0. The summed E-state index contributed by atoms with van der Waals surface area (Å²) in [5, 5.41) is 5.24. The van der Waals surface area contributed by atoms with Gasteiger partial charge in [-0.1, -0.05) is 24.3 Å². The van der Waals surface area contributed by atoms with Crippen molar-refractivity contribution >= 4 is 45.0 Å². The number of amides is 1. The fraction of sp³-hybridized carbons (Fsp3) is 0.476. The molecule has 6 nitrogen and oxygen atoms in total. The van der Waals surface area contributed by atoms with Crippen LogP contribution in [0.15, 0.2) is 24.3 Å². The first kappa shape index (κ1) is 23.3. The van der Waals surface area contributed by atoms with E-state index < -0.39 is 0 Å². The van der Waals surface area contributed by atoms with Crippen LogP contribution in [0.2, 0.25) is 0 Å². The molecule has 2 aromatic heterocycles. The Morgan fingerprint density at radius 2 is 1.93 bits per heavy atom. The zero-order chi connectivity index (χ0) is 20.3. The molecule has 1 amide bonds. The van der Waals surface area contributed by atoms with E-state index >= 15 is 0 Å². The number of halogens is 1. The molecule has 0 unspecified atom stereocenters. The average molecular weight is 436 g/mol. The summed E-state index contributed by atoms with van der Waals surface area (Å²) in [6.45, 7) is 8.44. The highest BCUT2D eigenvalue weighted by atomic mass is 35.5. The van der Waals surface area contributed by atoms with Gasteiger partial charge in [0.15, 0.2) is 10.8 Å². The Labute approximate surface area is 182 Å². The molecular weight excluding hydrogens is 406 g/mol. The van der Waals surface area contributed by atoms with Crippen LogP contribution in [0.5, 0.6) is 0 Å². The number of anilines is 1. The summed E-state index contributed by atoms with van der Waals surface area (Å²) in [6.07, 6.45) is 1.87. The Bertz CT molecular complexity index is 965. The largest absolute Gasteiger partial charge is 0.309 e. The Kier molecular flexibility index (Phi) is 8.19. The second-order valence-electron chi connectivity index (χ2n) is 7.25. The normalized spacial score (nSPS) is 11.1. The van der Waals surface area contributed by atoms with E-state index in [4.69, 9.17) is 4.98 Å². The minimum absolute atomic E-state index is 0. The van der Waals surface area contributed by atoms with E-state index in [0.717, 1.165) is 47.0 Å². The molecule has 0 saturated heterocycles. The smallest absolute Gasteiger partial charge is 0.280 e. The van der Waals surface area contributed by atoms with Gasteiger partial charge < -0.3 is 4.90 Å². The van der Waals surface area contributed by atoms with Gasteiger partial charge in [-0.15, -0.1) is 12.4 Å². The topological polar surface area (TPSA) is 54.3 Å². The van der Waals surface area contributed by atoms with E-state index in [1.54, 1.807) is 16.2 Å². The molecule has 0 bridgehead atoms. The van der Waals surface area contributed by atoms with E-state index in [2.05, 4.69) is 29.1 Å². The number of aryl methyl sites for hydroxylation is 3. The second-order valence-corrected chi connectivity index (χ2v) is 8.26. The van der Waals surface area contributed by atoms with Gasteiger partial charge in [0.05, 0.1) is 10.2 Å². The SMILES string of the molecule is CCc1ccc2nc(N(CCCN(C)C)C(=O)c3cc(C)n(CC)n3)sc2c1.Cl. The fourth-order valence-electron chi connectivity index (χ4n) is 3.19. The van der Waals surface area contributed by atoms with E-state index in [1.165, 1.54) is 5.56 Å². The molecule has 0 saturated carbocycles. The van der Waals surface area contributed by atoms with Gasteiger partial charge in [-0.2, -0.15) is 5.10 Å². The van der Waals surface area contributed by atoms with Crippen LogP contribution in [0.3, 0.4) is 0 Å². The van der Waals surface area contributed by atoms with Gasteiger partial charge in [0.1, 0.15) is 0 Å². The lowest BCUT2D eigenvalue weighted by atomic mass is 10.2. The fourth-order valence-corrected chi connectivity index (χ4v) is 4.25. The lowest BCUT2D eigenvalue weighted by Gasteiger charge is -2.20. The van der Waals surface area contributed by atoms with Crippen molar-refractivity contribution < 1.29 is 4.79 Å². The van der Waals surface area contributed by atoms with Gasteiger partial charge in [0.2, 0.25) is 0 Å². The van der Waals surface area contributed by atoms with Crippen molar-refractivity contribution in [2.24, 2.45) is 0 Å². The van der Waals surface area contributed by atoms with Crippen LogP contribution in [0.1, 0.15) is 42.0 Å².